The predicted octanol–water partition coefficient (Wildman–Crippen LogP) is 3.05. The van der Waals surface area contributed by atoms with E-state index in [0.717, 1.165) is 12.1 Å². The minimum atomic E-state index is -4.03. The summed E-state index contributed by atoms with van der Waals surface area (Å²) in [5.41, 5.74) is -0.159. The van der Waals surface area contributed by atoms with E-state index in [1.165, 1.54) is 18.3 Å². The zero-order chi connectivity index (χ0) is 15.6. The molecule has 0 radical (unpaired) electrons. The zero-order valence-corrected chi connectivity index (χ0v) is 12.5. The van der Waals surface area contributed by atoms with E-state index < -0.39 is 25.7 Å². The largest absolute Gasteiger partial charge is 0.318 e. The number of rotatable bonds is 3. The highest BCUT2D eigenvalue weighted by Gasteiger charge is 2.15. The second-order valence-electron chi connectivity index (χ2n) is 3.90. The highest BCUT2D eigenvalue weighted by molar-refractivity contribution is 8.13. The van der Waals surface area contributed by atoms with Crippen LogP contribution in [0, 0.1) is 5.82 Å². The topological polar surface area (TPSA) is 76.1 Å². The number of halogens is 3. The van der Waals surface area contributed by atoms with Crippen molar-refractivity contribution in [2.45, 2.75) is 4.90 Å². The minimum absolute atomic E-state index is 0.0350. The molecule has 0 aliphatic rings. The number of hydrogen-bond donors (Lipinski definition) is 1. The van der Waals surface area contributed by atoms with Crippen LogP contribution in [0.3, 0.4) is 0 Å². The molecule has 0 spiro atoms. The summed E-state index contributed by atoms with van der Waals surface area (Å²) in [6, 6.07) is 5.72. The van der Waals surface area contributed by atoms with E-state index in [0.29, 0.717) is 11.1 Å². The van der Waals surface area contributed by atoms with E-state index in [1.54, 1.807) is 0 Å². The molecule has 110 valence electrons. The standard InChI is InChI=1S/C12H7Cl2FN2O3S/c13-7-1-3-11(16-6-7)12(18)17-10-4-2-8(5-9(10)15)21(14,19)20/h1-6H,(H,17,18). The lowest BCUT2D eigenvalue weighted by Gasteiger charge is -2.07. The van der Waals surface area contributed by atoms with Crippen molar-refractivity contribution in [1.82, 2.24) is 4.98 Å². The first kappa shape index (κ1) is 15.7. The molecule has 1 heterocycles. The van der Waals surface area contributed by atoms with Gasteiger partial charge in [0.1, 0.15) is 11.5 Å². The van der Waals surface area contributed by atoms with Crippen LogP contribution in [-0.4, -0.2) is 19.3 Å². The van der Waals surface area contributed by atoms with Crippen molar-refractivity contribution in [3.05, 3.63) is 53.1 Å². The fraction of sp³-hybridized carbons (Fsp3) is 0. The lowest BCUT2D eigenvalue weighted by molar-refractivity contribution is 0.102. The third-order valence-corrected chi connectivity index (χ3v) is 4.01. The Morgan fingerprint density at radius 3 is 2.48 bits per heavy atom. The van der Waals surface area contributed by atoms with E-state index in [4.69, 9.17) is 22.3 Å². The maximum absolute atomic E-state index is 13.7. The maximum atomic E-state index is 13.7. The van der Waals surface area contributed by atoms with Gasteiger partial charge in [0, 0.05) is 16.9 Å². The molecular formula is C12H7Cl2FN2O3S. The van der Waals surface area contributed by atoms with Crippen LogP contribution in [0.25, 0.3) is 0 Å². The summed E-state index contributed by atoms with van der Waals surface area (Å²) < 4.78 is 35.9. The van der Waals surface area contributed by atoms with Crippen LogP contribution in [0.4, 0.5) is 10.1 Å². The van der Waals surface area contributed by atoms with E-state index in [9.17, 15) is 17.6 Å². The van der Waals surface area contributed by atoms with Crippen molar-refractivity contribution < 1.29 is 17.6 Å². The summed E-state index contributed by atoms with van der Waals surface area (Å²) in [5, 5.41) is 2.62. The number of carbonyl (C=O) groups is 1. The molecule has 21 heavy (non-hydrogen) atoms. The van der Waals surface area contributed by atoms with Crippen LogP contribution >= 0.6 is 22.3 Å². The molecule has 0 aliphatic heterocycles. The lowest BCUT2D eigenvalue weighted by atomic mass is 10.3. The Labute approximate surface area is 129 Å². The zero-order valence-electron chi connectivity index (χ0n) is 10.2. The Hall–Kier alpha value is -1.70. The van der Waals surface area contributed by atoms with Gasteiger partial charge in [-0.2, -0.15) is 0 Å². The number of anilines is 1. The SMILES string of the molecule is O=C(Nc1ccc(S(=O)(=O)Cl)cc1F)c1ccc(Cl)cn1. The van der Waals surface area contributed by atoms with Crippen LogP contribution in [0.5, 0.6) is 0 Å². The van der Waals surface area contributed by atoms with Gasteiger partial charge in [-0.25, -0.2) is 17.8 Å². The summed E-state index contributed by atoms with van der Waals surface area (Å²) in [5.74, 6) is -1.59. The molecule has 0 unspecified atom stereocenters. The van der Waals surface area contributed by atoms with Crippen molar-refractivity contribution >= 4 is 42.9 Å². The van der Waals surface area contributed by atoms with Gasteiger partial charge < -0.3 is 5.32 Å². The molecule has 0 fully saturated rings. The second kappa shape index (κ2) is 5.97. The monoisotopic (exact) mass is 348 g/mol. The van der Waals surface area contributed by atoms with E-state index >= 15 is 0 Å². The third-order valence-electron chi connectivity index (χ3n) is 2.43. The number of nitrogens with zero attached hydrogens (tertiary/aromatic N) is 1. The summed E-state index contributed by atoms with van der Waals surface area (Å²) in [6.07, 6.45) is 1.27. The maximum Gasteiger partial charge on any atom is 0.274 e. The molecule has 1 aromatic carbocycles. The molecule has 0 saturated heterocycles. The van der Waals surface area contributed by atoms with Gasteiger partial charge in [-0.1, -0.05) is 11.6 Å². The Balaban J connectivity index is 2.24. The Bertz CT molecular complexity index is 795. The quantitative estimate of drug-likeness (QED) is 0.864. The number of hydrogen-bond acceptors (Lipinski definition) is 4. The Kier molecular flexibility index (Phi) is 4.46. The summed E-state index contributed by atoms with van der Waals surface area (Å²) in [4.78, 5) is 15.2. The molecule has 9 heteroatoms. The Morgan fingerprint density at radius 1 is 1.24 bits per heavy atom. The van der Waals surface area contributed by atoms with Crippen molar-refractivity contribution in [3.8, 4) is 0 Å². The van der Waals surface area contributed by atoms with Gasteiger partial charge in [0.15, 0.2) is 0 Å². The highest BCUT2D eigenvalue weighted by atomic mass is 35.7. The average Bonchev–Trinajstić information content (AvgIpc) is 2.40. The summed E-state index contributed by atoms with van der Waals surface area (Å²) in [6.45, 7) is 0. The molecule has 1 aromatic heterocycles. The van der Waals surface area contributed by atoms with Gasteiger partial charge in [0.2, 0.25) is 0 Å². The Morgan fingerprint density at radius 2 is 1.95 bits per heavy atom. The molecule has 1 N–H and O–H groups in total. The molecule has 1 amide bonds. The van der Waals surface area contributed by atoms with E-state index in [2.05, 4.69) is 10.3 Å². The molecular weight excluding hydrogens is 342 g/mol. The average molecular weight is 349 g/mol. The van der Waals surface area contributed by atoms with Gasteiger partial charge in [0.25, 0.3) is 15.0 Å². The van der Waals surface area contributed by atoms with Crippen LogP contribution in [-0.2, 0) is 9.05 Å². The lowest BCUT2D eigenvalue weighted by Crippen LogP contribution is -2.14. The van der Waals surface area contributed by atoms with Gasteiger partial charge in [0.05, 0.1) is 15.6 Å². The molecule has 0 saturated carbocycles. The van der Waals surface area contributed by atoms with E-state index in [-0.39, 0.29) is 11.4 Å². The van der Waals surface area contributed by atoms with Crippen molar-refractivity contribution in [2.24, 2.45) is 0 Å². The summed E-state index contributed by atoms with van der Waals surface area (Å²) >= 11 is 5.64. The number of amides is 1. The van der Waals surface area contributed by atoms with Crippen LogP contribution in [0.15, 0.2) is 41.4 Å². The van der Waals surface area contributed by atoms with Gasteiger partial charge in [-0.15, -0.1) is 0 Å². The second-order valence-corrected chi connectivity index (χ2v) is 6.90. The number of pyridine rings is 1. The molecule has 0 atom stereocenters. The van der Waals surface area contributed by atoms with Crippen molar-refractivity contribution in [3.63, 3.8) is 0 Å². The molecule has 0 aliphatic carbocycles. The molecule has 2 rings (SSSR count). The molecule has 2 aromatic rings. The first-order valence-corrected chi connectivity index (χ1v) is 8.13. The van der Waals surface area contributed by atoms with Crippen LogP contribution in [0.2, 0.25) is 5.02 Å². The minimum Gasteiger partial charge on any atom is -0.318 e. The van der Waals surface area contributed by atoms with Gasteiger partial charge in [-0.05, 0) is 30.3 Å². The number of carbonyl (C=O) groups excluding carboxylic acids is 1. The fourth-order valence-electron chi connectivity index (χ4n) is 1.45. The molecule has 5 nitrogen and oxygen atoms in total. The van der Waals surface area contributed by atoms with Crippen molar-refractivity contribution in [2.75, 3.05) is 5.32 Å². The smallest absolute Gasteiger partial charge is 0.274 e. The predicted molar refractivity (Wildman–Crippen MR) is 76.6 cm³/mol. The first-order valence-electron chi connectivity index (χ1n) is 5.44. The highest BCUT2D eigenvalue weighted by Crippen LogP contribution is 2.22. The number of aromatic nitrogens is 1. The fourth-order valence-corrected chi connectivity index (χ4v) is 2.32. The molecule has 0 bridgehead atoms. The normalized spacial score (nSPS) is 11.2. The van der Waals surface area contributed by atoms with Crippen LogP contribution in [0.1, 0.15) is 10.5 Å². The van der Waals surface area contributed by atoms with Crippen molar-refractivity contribution in [1.29, 1.82) is 0 Å². The number of nitrogens with one attached hydrogen (secondary N) is 1. The summed E-state index contributed by atoms with van der Waals surface area (Å²) in [7, 11) is 1.06. The van der Waals surface area contributed by atoms with Gasteiger partial charge in [-0.3, -0.25) is 4.79 Å². The number of benzene rings is 1. The third kappa shape index (κ3) is 3.90. The first-order chi connectivity index (χ1) is 9.77. The van der Waals surface area contributed by atoms with Gasteiger partial charge >= 0.3 is 0 Å². The van der Waals surface area contributed by atoms with E-state index in [1.807, 2.05) is 0 Å². The van der Waals surface area contributed by atoms with Crippen LogP contribution < -0.4 is 5.32 Å².